The number of nitrogens with zero attached hydrogens (tertiary/aromatic N) is 2. The lowest BCUT2D eigenvalue weighted by molar-refractivity contribution is -0.132. The third kappa shape index (κ3) is 6.09. The zero-order valence-electron chi connectivity index (χ0n) is 19.8. The molecule has 0 radical (unpaired) electrons. The normalized spacial score (nSPS) is 13.8. The molecule has 0 N–H and O–H groups in total. The Balaban J connectivity index is 1.57. The van der Waals surface area contributed by atoms with Crippen LogP contribution < -0.4 is 18.9 Å². The van der Waals surface area contributed by atoms with Gasteiger partial charge in [0.1, 0.15) is 0 Å². The van der Waals surface area contributed by atoms with Crippen molar-refractivity contribution in [3.8, 4) is 23.0 Å². The average molecular weight is 457 g/mol. The fraction of sp³-hybridized carbons (Fsp3) is 0.440. The SMILES string of the molecule is COc1ccc(CC(=O)N2CCCN(C(=O)Cc3ccc(OC)c(OC)c3)CC2)cc1OC. The second kappa shape index (κ2) is 11.4. The van der Waals surface area contributed by atoms with Crippen molar-refractivity contribution < 1.29 is 28.5 Å². The number of benzene rings is 2. The number of carbonyl (C=O) groups is 2. The van der Waals surface area contributed by atoms with Crippen LogP contribution in [0.3, 0.4) is 0 Å². The Morgan fingerprint density at radius 3 is 1.39 bits per heavy atom. The molecular weight excluding hydrogens is 424 g/mol. The van der Waals surface area contributed by atoms with Gasteiger partial charge >= 0.3 is 0 Å². The van der Waals surface area contributed by atoms with Crippen LogP contribution in [0, 0.1) is 0 Å². The predicted molar refractivity (Wildman–Crippen MR) is 124 cm³/mol. The Kier molecular flexibility index (Phi) is 8.40. The summed E-state index contributed by atoms with van der Waals surface area (Å²) < 4.78 is 21.2. The molecule has 1 aliphatic rings. The van der Waals surface area contributed by atoms with E-state index in [1.54, 1.807) is 40.6 Å². The summed E-state index contributed by atoms with van der Waals surface area (Å²) in [5.74, 6) is 2.54. The molecule has 0 aliphatic carbocycles. The number of hydrogen-bond donors (Lipinski definition) is 0. The molecule has 2 aromatic carbocycles. The van der Waals surface area contributed by atoms with Crippen molar-refractivity contribution in [2.75, 3.05) is 54.6 Å². The number of amides is 2. The Labute approximate surface area is 195 Å². The van der Waals surface area contributed by atoms with Gasteiger partial charge in [0.25, 0.3) is 0 Å². The monoisotopic (exact) mass is 456 g/mol. The van der Waals surface area contributed by atoms with E-state index >= 15 is 0 Å². The Morgan fingerprint density at radius 2 is 1.03 bits per heavy atom. The molecule has 1 heterocycles. The lowest BCUT2D eigenvalue weighted by atomic mass is 10.1. The Hall–Kier alpha value is -3.42. The van der Waals surface area contributed by atoms with E-state index in [1.165, 1.54) is 0 Å². The van der Waals surface area contributed by atoms with Gasteiger partial charge in [-0.3, -0.25) is 9.59 Å². The van der Waals surface area contributed by atoms with Gasteiger partial charge in [0.15, 0.2) is 23.0 Å². The number of hydrogen-bond acceptors (Lipinski definition) is 6. The summed E-state index contributed by atoms with van der Waals surface area (Å²) in [6.45, 7) is 2.30. The van der Waals surface area contributed by atoms with Gasteiger partial charge in [-0.1, -0.05) is 12.1 Å². The summed E-state index contributed by atoms with van der Waals surface area (Å²) in [5.41, 5.74) is 1.73. The highest BCUT2D eigenvalue weighted by Crippen LogP contribution is 2.29. The van der Waals surface area contributed by atoms with E-state index in [4.69, 9.17) is 18.9 Å². The fourth-order valence-corrected chi connectivity index (χ4v) is 3.97. The van der Waals surface area contributed by atoms with Crippen molar-refractivity contribution >= 4 is 11.8 Å². The molecule has 1 saturated heterocycles. The van der Waals surface area contributed by atoms with Crippen molar-refractivity contribution in [2.45, 2.75) is 19.3 Å². The maximum atomic E-state index is 12.9. The van der Waals surface area contributed by atoms with Gasteiger partial charge in [0.2, 0.25) is 11.8 Å². The third-order valence-electron chi connectivity index (χ3n) is 5.81. The summed E-state index contributed by atoms with van der Waals surface area (Å²) in [4.78, 5) is 29.5. The molecule has 2 aromatic rings. The van der Waals surface area contributed by atoms with Crippen molar-refractivity contribution in [3.63, 3.8) is 0 Å². The average Bonchev–Trinajstić information content (AvgIpc) is 3.10. The van der Waals surface area contributed by atoms with E-state index in [-0.39, 0.29) is 24.7 Å². The van der Waals surface area contributed by atoms with Crippen LogP contribution in [0.15, 0.2) is 36.4 Å². The molecule has 0 atom stereocenters. The van der Waals surface area contributed by atoms with Gasteiger partial charge in [-0.15, -0.1) is 0 Å². The highest BCUT2D eigenvalue weighted by atomic mass is 16.5. The molecule has 1 fully saturated rings. The zero-order valence-corrected chi connectivity index (χ0v) is 19.8. The van der Waals surface area contributed by atoms with Crippen LogP contribution in [0.2, 0.25) is 0 Å². The molecule has 2 amide bonds. The van der Waals surface area contributed by atoms with Gasteiger partial charge in [0.05, 0.1) is 41.3 Å². The Bertz CT molecular complexity index is 900. The van der Waals surface area contributed by atoms with Crippen LogP contribution in [0.5, 0.6) is 23.0 Å². The van der Waals surface area contributed by atoms with Crippen LogP contribution in [0.25, 0.3) is 0 Å². The highest BCUT2D eigenvalue weighted by molar-refractivity contribution is 5.80. The van der Waals surface area contributed by atoms with Crippen LogP contribution >= 0.6 is 0 Å². The molecule has 3 rings (SSSR count). The lowest BCUT2D eigenvalue weighted by Crippen LogP contribution is -2.38. The van der Waals surface area contributed by atoms with E-state index in [9.17, 15) is 9.59 Å². The molecule has 8 heteroatoms. The molecule has 0 spiro atoms. The van der Waals surface area contributed by atoms with Crippen molar-refractivity contribution in [1.82, 2.24) is 9.80 Å². The maximum absolute atomic E-state index is 12.9. The highest BCUT2D eigenvalue weighted by Gasteiger charge is 2.23. The molecule has 0 bridgehead atoms. The largest absolute Gasteiger partial charge is 0.493 e. The van der Waals surface area contributed by atoms with Crippen LogP contribution in [-0.2, 0) is 22.4 Å². The quantitative estimate of drug-likeness (QED) is 0.608. The standard InChI is InChI=1S/C25H32N2O6/c1-30-20-8-6-18(14-22(20)32-3)16-24(28)26-10-5-11-27(13-12-26)25(29)17-19-7-9-21(31-2)23(15-19)33-4/h6-9,14-15H,5,10-13,16-17H2,1-4H3. The minimum absolute atomic E-state index is 0.0383. The molecule has 1 aliphatic heterocycles. The third-order valence-corrected chi connectivity index (χ3v) is 5.81. The van der Waals surface area contributed by atoms with Gasteiger partial charge in [-0.25, -0.2) is 0 Å². The second-order valence-electron chi connectivity index (χ2n) is 7.85. The fourth-order valence-electron chi connectivity index (χ4n) is 3.97. The zero-order chi connectivity index (χ0) is 23.8. The molecule has 0 unspecified atom stereocenters. The topological polar surface area (TPSA) is 77.5 Å². The molecule has 33 heavy (non-hydrogen) atoms. The van der Waals surface area contributed by atoms with E-state index in [0.717, 1.165) is 17.5 Å². The van der Waals surface area contributed by atoms with Gasteiger partial charge in [0, 0.05) is 26.2 Å². The summed E-state index contributed by atoms with van der Waals surface area (Å²) in [7, 11) is 6.31. The first kappa shape index (κ1) is 24.2. The molecule has 0 saturated carbocycles. The minimum atomic E-state index is 0.0383. The van der Waals surface area contributed by atoms with Gasteiger partial charge in [-0.05, 0) is 41.8 Å². The van der Waals surface area contributed by atoms with Crippen molar-refractivity contribution in [1.29, 1.82) is 0 Å². The molecule has 8 nitrogen and oxygen atoms in total. The van der Waals surface area contributed by atoms with Crippen molar-refractivity contribution in [3.05, 3.63) is 47.5 Å². The van der Waals surface area contributed by atoms with Crippen LogP contribution in [-0.4, -0.2) is 76.2 Å². The first-order chi connectivity index (χ1) is 16.0. The van der Waals surface area contributed by atoms with Gasteiger partial charge < -0.3 is 28.7 Å². The summed E-state index contributed by atoms with van der Waals surface area (Å²) in [6, 6.07) is 11.0. The first-order valence-corrected chi connectivity index (χ1v) is 11.0. The first-order valence-electron chi connectivity index (χ1n) is 11.0. The van der Waals surface area contributed by atoms with Gasteiger partial charge in [-0.2, -0.15) is 0 Å². The summed E-state index contributed by atoms with van der Waals surface area (Å²) in [6.07, 6.45) is 1.30. The van der Waals surface area contributed by atoms with E-state index in [1.807, 2.05) is 34.1 Å². The minimum Gasteiger partial charge on any atom is -0.493 e. The smallest absolute Gasteiger partial charge is 0.227 e. The number of methoxy groups -OCH3 is 4. The maximum Gasteiger partial charge on any atom is 0.227 e. The van der Waals surface area contributed by atoms with E-state index < -0.39 is 0 Å². The van der Waals surface area contributed by atoms with Crippen molar-refractivity contribution in [2.24, 2.45) is 0 Å². The van der Waals surface area contributed by atoms with E-state index in [0.29, 0.717) is 49.2 Å². The Morgan fingerprint density at radius 1 is 0.636 bits per heavy atom. The number of rotatable bonds is 8. The van der Waals surface area contributed by atoms with Crippen LogP contribution in [0.4, 0.5) is 0 Å². The second-order valence-corrected chi connectivity index (χ2v) is 7.85. The van der Waals surface area contributed by atoms with E-state index in [2.05, 4.69) is 0 Å². The molecular formula is C25H32N2O6. The van der Waals surface area contributed by atoms with Crippen LogP contribution in [0.1, 0.15) is 17.5 Å². The predicted octanol–water partition coefficient (Wildman–Crippen LogP) is 2.57. The number of carbonyl (C=O) groups excluding carboxylic acids is 2. The molecule has 0 aromatic heterocycles. The summed E-state index contributed by atoms with van der Waals surface area (Å²) >= 11 is 0. The molecule has 178 valence electrons. The summed E-state index contributed by atoms with van der Waals surface area (Å²) in [5, 5.41) is 0. The number of ether oxygens (including phenoxy) is 4. The lowest BCUT2D eigenvalue weighted by Gasteiger charge is -2.22.